The molecule has 1 rings (SSSR count). The third-order valence-electron chi connectivity index (χ3n) is 2.59. The minimum absolute atomic E-state index is 0.107. The Morgan fingerprint density at radius 2 is 1.71 bits per heavy atom. The molecule has 0 radical (unpaired) electrons. The summed E-state index contributed by atoms with van der Waals surface area (Å²) in [6.07, 6.45) is 21.4. The van der Waals surface area contributed by atoms with E-state index in [0.717, 1.165) is 0 Å². The van der Waals surface area contributed by atoms with E-state index in [0.29, 0.717) is 0 Å². The molecule has 0 spiro atoms. The van der Waals surface area contributed by atoms with Crippen molar-refractivity contribution >= 4 is 0 Å². The van der Waals surface area contributed by atoms with Crippen LogP contribution >= 0.6 is 0 Å². The smallest absolute Gasteiger partial charge is 0.00167 e. The van der Waals surface area contributed by atoms with E-state index < -0.39 is 0 Å². The first-order valence-corrected chi connectivity index (χ1v) is 6.14. The highest BCUT2D eigenvalue weighted by atomic mass is 14.2. The van der Waals surface area contributed by atoms with Gasteiger partial charge in [0.15, 0.2) is 0 Å². The monoisotopic (exact) mass is 226 g/mol. The van der Waals surface area contributed by atoms with Crippen molar-refractivity contribution in [3.63, 3.8) is 0 Å². The lowest BCUT2D eigenvalue weighted by atomic mass is 9.90. The fraction of sp³-hybridized carbons (Fsp3) is 0.294. The predicted octanol–water partition coefficient (Wildman–Crippen LogP) is 5.14. The lowest BCUT2D eigenvalue weighted by Crippen LogP contribution is -2.02. The molecule has 0 aliphatic heterocycles. The van der Waals surface area contributed by atoms with Gasteiger partial charge in [-0.15, -0.1) is 0 Å². The second-order valence-corrected chi connectivity index (χ2v) is 4.79. The van der Waals surface area contributed by atoms with Crippen molar-refractivity contribution in [2.45, 2.75) is 27.7 Å². The molecule has 0 heterocycles. The zero-order chi connectivity index (χ0) is 12.7. The summed E-state index contributed by atoms with van der Waals surface area (Å²) in [6, 6.07) is 0. The SMILES string of the molecule is C/C=C\C=C/C1=CC(C)(C)C=CC=C1/C=C/C. The second-order valence-electron chi connectivity index (χ2n) is 4.79. The molecule has 0 bridgehead atoms. The summed E-state index contributed by atoms with van der Waals surface area (Å²) in [7, 11) is 0. The van der Waals surface area contributed by atoms with Crippen molar-refractivity contribution in [3.05, 3.63) is 71.9 Å². The molecule has 0 N–H and O–H groups in total. The molecule has 90 valence electrons. The van der Waals surface area contributed by atoms with E-state index in [1.54, 1.807) is 0 Å². The van der Waals surface area contributed by atoms with Crippen molar-refractivity contribution in [3.8, 4) is 0 Å². The molecule has 0 aromatic heterocycles. The highest BCUT2D eigenvalue weighted by Gasteiger charge is 2.13. The topological polar surface area (TPSA) is 0 Å². The van der Waals surface area contributed by atoms with Gasteiger partial charge in [0.2, 0.25) is 0 Å². The lowest BCUT2D eigenvalue weighted by molar-refractivity contribution is 0.624. The van der Waals surface area contributed by atoms with Crippen LogP contribution in [0.1, 0.15) is 27.7 Å². The summed E-state index contributed by atoms with van der Waals surface area (Å²) in [5, 5.41) is 0. The standard InChI is InChI=1S/C17H22/c1-5-7-8-11-16-14-17(3,4)13-9-12-15(16)10-6-2/h5-14H,1-4H3/b7-5-,10-6+,11-8-. The Kier molecular flexibility index (Phi) is 4.96. The molecule has 0 heteroatoms. The van der Waals surface area contributed by atoms with E-state index in [4.69, 9.17) is 0 Å². The Bertz CT molecular complexity index is 421. The van der Waals surface area contributed by atoms with Crippen molar-refractivity contribution in [2.24, 2.45) is 5.41 Å². The zero-order valence-corrected chi connectivity index (χ0v) is 11.3. The number of hydrogen-bond donors (Lipinski definition) is 0. The predicted molar refractivity (Wildman–Crippen MR) is 77.9 cm³/mol. The summed E-state index contributed by atoms with van der Waals surface area (Å²) in [6.45, 7) is 8.52. The quantitative estimate of drug-likeness (QED) is 0.584. The molecule has 0 amide bonds. The largest absolute Gasteiger partial charge is 0.0877 e. The van der Waals surface area contributed by atoms with Crippen LogP contribution in [-0.2, 0) is 0 Å². The van der Waals surface area contributed by atoms with Gasteiger partial charge in [-0.1, -0.05) is 74.6 Å². The Morgan fingerprint density at radius 3 is 2.35 bits per heavy atom. The van der Waals surface area contributed by atoms with E-state index in [1.807, 2.05) is 19.9 Å². The second kappa shape index (κ2) is 6.24. The fourth-order valence-corrected chi connectivity index (χ4v) is 1.77. The molecule has 0 fully saturated rings. The molecule has 0 saturated heterocycles. The average Bonchev–Trinajstić information content (AvgIpc) is 2.39. The van der Waals surface area contributed by atoms with Gasteiger partial charge < -0.3 is 0 Å². The fourth-order valence-electron chi connectivity index (χ4n) is 1.77. The highest BCUT2D eigenvalue weighted by molar-refractivity contribution is 5.51. The van der Waals surface area contributed by atoms with Gasteiger partial charge in [0.1, 0.15) is 0 Å². The van der Waals surface area contributed by atoms with Gasteiger partial charge in [-0.25, -0.2) is 0 Å². The molecule has 0 saturated carbocycles. The maximum Gasteiger partial charge on any atom is 0.00167 e. The zero-order valence-electron chi connectivity index (χ0n) is 11.3. The van der Waals surface area contributed by atoms with E-state index in [-0.39, 0.29) is 5.41 Å². The van der Waals surface area contributed by atoms with Gasteiger partial charge >= 0.3 is 0 Å². The molecular weight excluding hydrogens is 204 g/mol. The highest BCUT2D eigenvalue weighted by Crippen LogP contribution is 2.28. The molecule has 0 aromatic rings. The maximum absolute atomic E-state index is 2.31. The van der Waals surface area contributed by atoms with Gasteiger partial charge in [-0.3, -0.25) is 0 Å². The van der Waals surface area contributed by atoms with Crippen LogP contribution in [0.5, 0.6) is 0 Å². The van der Waals surface area contributed by atoms with Gasteiger partial charge in [-0.05, 0) is 25.0 Å². The van der Waals surface area contributed by atoms with Crippen LogP contribution in [0.25, 0.3) is 0 Å². The minimum Gasteiger partial charge on any atom is -0.0877 e. The third-order valence-corrected chi connectivity index (χ3v) is 2.59. The van der Waals surface area contributed by atoms with E-state index in [2.05, 4.69) is 68.5 Å². The lowest BCUT2D eigenvalue weighted by Gasteiger charge is -2.15. The van der Waals surface area contributed by atoms with E-state index in [1.165, 1.54) is 11.1 Å². The normalized spacial score (nSPS) is 20.0. The van der Waals surface area contributed by atoms with Crippen molar-refractivity contribution in [1.82, 2.24) is 0 Å². The molecule has 0 atom stereocenters. The van der Waals surface area contributed by atoms with Crippen LogP contribution in [0.4, 0.5) is 0 Å². The Morgan fingerprint density at radius 1 is 0.941 bits per heavy atom. The molecule has 0 aromatic carbocycles. The van der Waals surface area contributed by atoms with Gasteiger partial charge in [0.05, 0.1) is 0 Å². The maximum atomic E-state index is 2.31. The Hall–Kier alpha value is -1.56. The summed E-state index contributed by atoms with van der Waals surface area (Å²) >= 11 is 0. The summed E-state index contributed by atoms with van der Waals surface area (Å²) in [5.74, 6) is 0. The first-order chi connectivity index (χ1) is 8.09. The van der Waals surface area contributed by atoms with Crippen molar-refractivity contribution < 1.29 is 0 Å². The first-order valence-electron chi connectivity index (χ1n) is 6.14. The Balaban J connectivity index is 3.12. The van der Waals surface area contributed by atoms with Crippen molar-refractivity contribution in [2.75, 3.05) is 0 Å². The van der Waals surface area contributed by atoms with Gasteiger partial charge in [0.25, 0.3) is 0 Å². The number of allylic oxidation sites excluding steroid dienone is 12. The molecule has 1 aliphatic rings. The molecule has 0 unspecified atom stereocenters. The van der Waals surface area contributed by atoms with E-state index >= 15 is 0 Å². The average molecular weight is 226 g/mol. The van der Waals surface area contributed by atoms with Crippen LogP contribution in [0.3, 0.4) is 0 Å². The van der Waals surface area contributed by atoms with Gasteiger partial charge in [-0.2, -0.15) is 0 Å². The van der Waals surface area contributed by atoms with Gasteiger partial charge in [0, 0.05) is 5.41 Å². The van der Waals surface area contributed by atoms with E-state index in [9.17, 15) is 0 Å². The molecular formula is C17H22. The first kappa shape index (κ1) is 13.5. The third kappa shape index (κ3) is 4.44. The van der Waals surface area contributed by atoms with Crippen LogP contribution in [0, 0.1) is 5.41 Å². The minimum atomic E-state index is 0.107. The summed E-state index contributed by atoms with van der Waals surface area (Å²) in [4.78, 5) is 0. The van der Waals surface area contributed by atoms with Crippen molar-refractivity contribution in [1.29, 1.82) is 0 Å². The molecule has 17 heavy (non-hydrogen) atoms. The molecule has 1 aliphatic carbocycles. The Labute approximate surface area is 105 Å². The summed E-state index contributed by atoms with van der Waals surface area (Å²) < 4.78 is 0. The van der Waals surface area contributed by atoms with Crippen LogP contribution in [-0.4, -0.2) is 0 Å². The number of rotatable bonds is 3. The van der Waals surface area contributed by atoms with Crippen LogP contribution in [0.15, 0.2) is 71.9 Å². The summed E-state index contributed by atoms with van der Waals surface area (Å²) in [5.41, 5.74) is 2.64. The molecule has 0 nitrogen and oxygen atoms in total. The van der Waals surface area contributed by atoms with Crippen LogP contribution < -0.4 is 0 Å². The number of hydrogen-bond acceptors (Lipinski definition) is 0. The van der Waals surface area contributed by atoms with Crippen LogP contribution in [0.2, 0.25) is 0 Å².